The first-order valence-corrected chi connectivity index (χ1v) is 9.25. The molecule has 1 amide bonds. The molecule has 0 aliphatic heterocycles. The molecule has 27 heavy (non-hydrogen) atoms. The van der Waals surface area contributed by atoms with E-state index in [0.29, 0.717) is 0 Å². The minimum Gasteiger partial charge on any atom is -0.324 e. The number of anilines is 1. The number of para-hydroxylation sites is 1. The summed E-state index contributed by atoms with van der Waals surface area (Å²) in [5, 5.41) is 6.46. The van der Waals surface area contributed by atoms with E-state index in [1.807, 2.05) is 50.2 Å². The highest BCUT2D eigenvalue weighted by molar-refractivity contribution is 5.93. The Kier molecular flexibility index (Phi) is 6.05. The van der Waals surface area contributed by atoms with Crippen LogP contribution in [0.5, 0.6) is 0 Å². The van der Waals surface area contributed by atoms with Gasteiger partial charge in [-0.15, -0.1) is 0 Å². The Balaban J connectivity index is 1.75. The van der Waals surface area contributed by atoms with Crippen LogP contribution >= 0.6 is 0 Å². The van der Waals surface area contributed by atoms with Crippen LogP contribution in [-0.2, 0) is 4.79 Å². The van der Waals surface area contributed by atoms with Crippen LogP contribution in [0.25, 0.3) is 0 Å². The van der Waals surface area contributed by atoms with Crippen molar-refractivity contribution in [1.29, 1.82) is 0 Å². The number of hydrogen-bond acceptors (Lipinski definition) is 2. The van der Waals surface area contributed by atoms with Crippen molar-refractivity contribution in [2.75, 3.05) is 11.9 Å². The second kappa shape index (κ2) is 8.65. The third-order valence-electron chi connectivity index (χ3n) is 4.76. The molecule has 3 heteroatoms. The molecule has 3 rings (SSSR count). The first-order valence-electron chi connectivity index (χ1n) is 9.25. The summed E-state index contributed by atoms with van der Waals surface area (Å²) >= 11 is 0. The van der Waals surface area contributed by atoms with Crippen LogP contribution in [0.2, 0.25) is 0 Å². The topological polar surface area (TPSA) is 41.1 Å². The second-order valence-corrected chi connectivity index (χ2v) is 6.95. The Hall–Kier alpha value is -2.91. The Morgan fingerprint density at radius 2 is 1.37 bits per heavy atom. The Bertz CT molecular complexity index is 881. The van der Waals surface area contributed by atoms with Crippen LogP contribution in [-0.4, -0.2) is 12.5 Å². The van der Waals surface area contributed by atoms with Crippen molar-refractivity contribution >= 4 is 11.6 Å². The molecule has 1 atom stereocenters. The van der Waals surface area contributed by atoms with Crippen molar-refractivity contribution in [1.82, 2.24) is 5.32 Å². The number of hydrogen-bond donors (Lipinski definition) is 2. The minimum atomic E-state index is -0.0413. The van der Waals surface area contributed by atoms with Gasteiger partial charge >= 0.3 is 0 Å². The first kappa shape index (κ1) is 18.9. The molecule has 0 radical (unpaired) electrons. The zero-order chi connectivity index (χ0) is 19.2. The largest absolute Gasteiger partial charge is 0.324 e. The average molecular weight is 358 g/mol. The van der Waals surface area contributed by atoms with Crippen molar-refractivity contribution < 1.29 is 4.79 Å². The molecule has 2 N–H and O–H groups in total. The molecule has 0 unspecified atom stereocenters. The molecule has 0 aliphatic rings. The lowest BCUT2D eigenvalue weighted by Crippen LogP contribution is -2.32. The molecule has 0 bridgehead atoms. The highest BCUT2D eigenvalue weighted by Crippen LogP contribution is 2.23. The van der Waals surface area contributed by atoms with Crippen LogP contribution in [0, 0.1) is 20.8 Å². The van der Waals surface area contributed by atoms with Gasteiger partial charge in [0.05, 0.1) is 12.6 Å². The van der Waals surface area contributed by atoms with Crippen molar-refractivity contribution in [2.24, 2.45) is 0 Å². The Labute approximate surface area is 161 Å². The summed E-state index contributed by atoms with van der Waals surface area (Å²) in [6.45, 7) is 6.33. The van der Waals surface area contributed by atoms with E-state index >= 15 is 0 Å². The van der Waals surface area contributed by atoms with Crippen LogP contribution < -0.4 is 10.6 Å². The van der Waals surface area contributed by atoms with E-state index in [-0.39, 0.29) is 18.5 Å². The molecule has 0 fully saturated rings. The zero-order valence-electron chi connectivity index (χ0n) is 16.1. The van der Waals surface area contributed by atoms with Crippen molar-refractivity contribution in [3.63, 3.8) is 0 Å². The van der Waals surface area contributed by atoms with Crippen LogP contribution in [0.3, 0.4) is 0 Å². The van der Waals surface area contributed by atoms with Gasteiger partial charge in [-0.25, -0.2) is 0 Å². The smallest absolute Gasteiger partial charge is 0.238 e. The number of nitrogens with one attached hydrogen (secondary N) is 2. The molecule has 0 saturated heterocycles. The van der Waals surface area contributed by atoms with Gasteiger partial charge in [0, 0.05) is 5.69 Å². The predicted molar refractivity (Wildman–Crippen MR) is 112 cm³/mol. The quantitative estimate of drug-likeness (QED) is 0.656. The third kappa shape index (κ3) is 4.83. The van der Waals surface area contributed by atoms with Crippen LogP contribution in [0.4, 0.5) is 5.69 Å². The summed E-state index contributed by atoms with van der Waals surface area (Å²) < 4.78 is 0. The summed E-state index contributed by atoms with van der Waals surface area (Å²) in [7, 11) is 0. The van der Waals surface area contributed by atoms with Crippen molar-refractivity contribution in [3.05, 3.63) is 101 Å². The van der Waals surface area contributed by atoms with E-state index in [9.17, 15) is 4.79 Å². The molecule has 0 aromatic heterocycles. The molecule has 0 heterocycles. The van der Waals surface area contributed by atoms with Crippen molar-refractivity contribution in [3.8, 4) is 0 Å². The molecular formula is C24H26N2O. The van der Waals surface area contributed by atoms with E-state index < -0.39 is 0 Å². The Morgan fingerprint density at radius 3 is 2.00 bits per heavy atom. The second-order valence-electron chi connectivity index (χ2n) is 6.95. The van der Waals surface area contributed by atoms with Gasteiger partial charge in [-0.3, -0.25) is 10.1 Å². The number of benzene rings is 3. The number of amides is 1. The molecule has 0 aliphatic carbocycles. The Morgan fingerprint density at radius 1 is 0.778 bits per heavy atom. The molecule has 3 aromatic carbocycles. The van der Waals surface area contributed by atoms with Crippen LogP contribution in [0.1, 0.15) is 33.9 Å². The summed E-state index contributed by atoms with van der Waals surface area (Å²) in [5.41, 5.74) is 6.55. The highest BCUT2D eigenvalue weighted by Gasteiger charge is 2.15. The lowest BCUT2D eigenvalue weighted by Gasteiger charge is -2.20. The van der Waals surface area contributed by atoms with Gasteiger partial charge in [-0.05, 0) is 43.0 Å². The van der Waals surface area contributed by atoms with Gasteiger partial charge in [-0.2, -0.15) is 0 Å². The average Bonchev–Trinajstić information content (AvgIpc) is 2.67. The number of carbonyl (C=O) groups excluding carboxylic acids is 1. The summed E-state index contributed by atoms with van der Waals surface area (Å²) in [5.74, 6) is -0.0413. The molecular weight excluding hydrogens is 332 g/mol. The van der Waals surface area contributed by atoms with E-state index in [0.717, 1.165) is 27.9 Å². The zero-order valence-corrected chi connectivity index (χ0v) is 16.1. The SMILES string of the molecule is Cc1ccc([C@@H](NCC(=O)Nc2c(C)cccc2C)c2ccccc2)cc1. The fourth-order valence-corrected chi connectivity index (χ4v) is 3.22. The molecule has 3 aromatic rings. The van der Waals surface area contributed by atoms with Gasteiger partial charge in [-0.1, -0.05) is 78.4 Å². The number of rotatable bonds is 6. The number of aryl methyl sites for hydroxylation is 3. The van der Waals surface area contributed by atoms with E-state index in [1.54, 1.807) is 0 Å². The predicted octanol–water partition coefficient (Wildman–Crippen LogP) is 4.93. The summed E-state index contributed by atoms with van der Waals surface area (Å²) in [4.78, 5) is 12.6. The molecule has 138 valence electrons. The standard InChI is InChI=1S/C24H26N2O/c1-17-12-14-21(15-13-17)24(20-10-5-4-6-11-20)25-16-22(27)26-23-18(2)8-7-9-19(23)3/h4-15,24-25H,16H2,1-3H3,(H,26,27)/t24-/m0/s1. The lowest BCUT2D eigenvalue weighted by atomic mass is 9.98. The van der Waals surface area contributed by atoms with Gasteiger partial charge < -0.3 is 5.32 Å². The molecule has 0 saturated carbocycles. The molecule has 0 spiro atoms. The number of carbonyl (C=O) groups is 1. The van der Waals surface area contributed by atoms with Crippen molar-refractivity contribution in [2.45, 2.75) is 26.8 Å². The van der Waals surface area contributed by atoms with E-state index in [4.69, 9.17) is 0 Å². The van der Waals surface area contributed by atoms with Gasteiger partial charge in [0.1, 0.15) is 0 Å². The fraction of sp³-hybridized carbons (Fsp3) is 0.208. The maximum absolute atomic E-state index is 12.6. The van der Waals surface area contributed by atoms with Gasteiger partial charge in [0.15, 0.2) is 0 Å². The maximum Gasteiger partial charge on any atom is 0.238 e. The van der Waals surface area contributed by atoms with E-state index in [2.05, 4.69) is 54.0 Å². The third-order valence-corrected chi connectivity index (χ3v) is 4.76. The van der Waals surface area contributed by atoms with Crippen LogP contribution in [0.15, 0.2) is 72.8 Å². The summed E-state index contributed by atoms with van der Waals surface area (Å²) in [6.07, 6.45) is 0. The summed E-state index contributed by atoms with van der Waals surface area (Å²) in [6, 6.07) is 24.6. The highest BCUT2D eigenvalue weighted by atomic mass is 16.1. The first-order chi connectivity index (χ1) is 13.0. The van der Waals surface area contributed by atoms with Gasteiger partial charge in [0.25, 0.3) is 0 Å². The normalized spacial score (nSPS) is 11.8. The van der Waals surface area contributed by atoms with Gasteiger partial charge in [0.2, 0.25) is 5.91 Å². The monoisotopic (exact) mass is 358 g/mol. The minimum absolute atomic E-state index is 0.0319. The molecule has 3 nitrogen and oxygen atoms in total. The van der Waals surface area contributed by atoms with E-state index in [1.165, 1.54) is 5.56 Å². The maximum atomic E-state index is 12.6. The fourth-order valence-electron chi connectivity index (χ4n) is 3.22. The lowest BCUT2D eigenvalue weighted by molar-refractivity contribution is -0.115.